The molecule has 0 aromatic heterocycles. The average Bonchev–Trinajstić information content (AvgIpc) is 1.60. The van der Waals surface area contributed by atoms with Gasteiger partial charge in [-0.1, -0.05) is 0 Å². The largest absolute Gasteiger partial charge is 0.328 e. The van der Waals surface area contributed by atoms with Crippen LogP contribution in [0.2, 0.25) is 0 Å². The maximum atomic E-state index is 5.85. The highest BCUT2D eigenvalue weighted by molar-refractivity contribution is 6.48. The second-order valence-corrected chi connectivity index (χ2v) is 4.35. The van der Waals surface area contributed by atoms with Gasteiger partial charge in [-0.05, 0) is 25.7 Å². The van der Waals surface area contributed by atoms with E-state index in [1.807, 2.05) is 0 Å². The molecule has 1 rings (SSSR count). The van der Waals surface area contributed by atoms with Crippen molar-refractivity contribution in [2.75, 3.05) is 0 Å². The van der Waals surface area contributed by atoms with E-state index < -0.39 is 4.33 Å². The molecule has 0 unspecified atom stereocenters. The smallest absolute Gasteiger partial charge is 0.119 e. The van der Waals surface area contributed by atoms with E-state index in [1.54, 1.807) is 0 Å². The van der Waals surface area contributed by atoms with Gasteiger partial charge >= 0.3 is 0 Å². The van der Waals surface area contributed by atoms with E-state index in [9.17, 15) is 0 Å². The number of rotatable bonds is 0. The zero-order valence-corrected chi connectivity index (χ0v) is 6.75. The highest BCUT2D eigenvalue weighted by atomic mass is 35.5. The Bertz CT molecular complexity index is 103. The van der Waals surface area contributed by atoms with Gasteiger partial charge in [0.05, 0.1) is 0 Å². The van der Waals surface area contributed by atoms with E-state index in [4.69, 9.17) is 28.9 Å². The molecule has 1 nitrogen and oxygen atoms in total. The summed E-state index contributed by atoms with van der Waals surface area (Å²) in [5, 5.41) is 0. The lowest BCUT2D eigenvalue weighted by Gasteiger charge is -2.28. The second kappa shape index (κ2) is 2.65. The Morgan fingerprint density at radius 2 is 2.11 bits per heavy atom. The van der Waals surface area contributed by atoms with E-state index in [0.29, 0.717) is 0 Å². The van der Waals surface area contributed by atoms with E-state index in [2.05, 4.69) is 0 Å². The molecule has 0 bridgehead atoms. The Morgan fingerprint density at radius 3 is 2.44 bits per heavy atom. The van der Waals surface area contributed by atoms with E-state index in [0.717, 1.165) is 25.7 Å². The Labute approximate surface area is 65.5 Å². The molecule has 1 fully saturated rings. The van der Waals surface area contributed by atoms with Crippen LogP contribution in [-0.4, -0.2) is 10.4 Å². The van der Waals surface area contributed by atoms with Crippen LogP contribution in [0.5, 0.6) is 0 Å². The molecule has 0 aromatic carbocycles. The van der Waals surface area contributed by atoms with Gasteiger partial charge in [0.2, 0.25) is 0 Å². The third kappa shape index (κ3) is 2.32. The number of alkyl halides is 2. The average molecular weight is 168 g/mol. The molecule has 9 heavy (non-hydrogen) atoms. The Kier molecular flexibility index (Phi) is 2.25. The summed E-state index contributed by atoms with van der Waals surface area (Å²) in [5.41, 5.74) is 5.64. The summed E-state index contributed by atoms with van der Waals surface area (Å²) < 4.78 is -0.530. The van der Waals surface area contributed by atoms with Gasteiger partial charge in [-0.15, -0.1) is 23.2 Å². The predicted molar refractivity (Wildman–Crippen MR) is 40.9 cm³/mol. The van der Waals surface area contributed by atoms with Crippen molar-refractivity contribution in [1.82, 2.24) is 0 Å². The summed E-state index contributed by atoms with van der Waals surface area (Å²) >= 11 is 11.7. The highest BCUT2D eigenvalue weighted by Crippen LogP contribution is 2.36. The van der Waals surface area contributed by atoms with Gasteiger partial charge < -0.3 is 5.73 Å². The highest BCUT2D eigenvalue weighted by Gasteiger charge is 2.30. The van der Waals surface area contributed by atoms with Crippen molar-refractivity contribution in [2.24, 2.45) is 5.73 Å². The quantitative estimate of drug-likeness (QED) is 0.550. The zero-order chi connectivity index (χ0) is 6.91. The lowest BCUT2D eigenvalue weighted by Crippen LogP contribution is -2.33. The first-order valence-corrected chi connectivity index (χ1v) is 3.99. The first-order valence-electron chi connectivity index (χ1n) is 3.23. The second-order valence-electron chi connectivity index (χ2n) is 2.71. The topological polar surface area (TPSA) is 26.0 Å². The minimum Gasteiger partial charge on any atom is -0.328 e. The molecule has 0 heterocycles. The predicted octanol–water partition coefficient (Wildman–Crippen LogP) is 2.06. The van der Waals surface area contributed by atoms with Crippen molar-refractivity contribution in [2.45, 2.75) is 36.1 Å². The number of halogens is 2. The molecule has 1 saturated carbocycles. The first kappa shape index (κ1) is 7.64. The molecule has 0 aromatic rings. The summed E-state index contributed by atoms with van der Waals surface area (Å²) in [7, 11) is 0. The third-order valence-electron chi connectivity index (χ3n) is 1.68. The Hall–Kier alpha value is 0.540. The monoisotopic (exact) mass is 167 g/mol. The molecule has 1 aliphatic rings. The van der Waals surface area contributed by atoms with Crippen molar-refractivity contribution in [3.8, 4) is 0 Å². The van der Waals surface area contributed by atoms with E-state index >= 15 is 0 Å². The summed E-state index contributed by atoms with van der Waals surface area (Å²) in [5.74, 6) is 0. The fourth-order valence-corrected chi connectivity index (χ4v) is 1.87. The minimum absolute atomic E-state index is 0.216. The lowest BCUT2D eigenvalue weighted by molar-refractivity contribution is 0.421. The molecule has 1 atom stereocenters. The summed E-state index contributed by atoms with van der Waals surface area (Å²) in [4.78, 5) is 0. The van der Waals surface area contributed by atoms with Crippen molar-refractivity contribution in [1.29, 1.82) is 0 Å². The van der Waals surface area contributed by atoms with Gasteiger partial charge in [0, 0.05) is 6.04 Å². The van der Waals surface area contributed by atoms with Crippen molar-refractivity contribution >= 4 is 23.2 Å². The van der Waals surface area contributed by atoms with Crippen LogP contribution < -0.4 is 5.73 Å². The number of hydrogen-bond donors (Lipinski definition) is 1. The molecular weight excluding hydrogens is 157 g/mol. The van der Waals surface area contributed by atoms with Crippen LogP contribution in [0.15, 0.2) is 0 Å². The van der Waals surface area contributed by atoms with Crippen LogP contribution in [0.3, 0.4) is 0 Å². The minimum atomic E-state index is -0.530. The fraction of sp³-hybridized carbons (Fsp3) is 1.00. The van der Waals surface area contributed by atoms with Crippen molar-refractivity contribution < 1.29 is 0 Å². The molecular formula is C6H11Cl2N. The van der Waals surface area contributed by atoms with Crippen LogP contribution in [0.25, 0.3) is 0 Å². The standard InChI is InChI=1S/C6H11Cl2N/c7-6(8)3-1-2-5(9)4-6/h5H,1-4,9H2/t5-/m0/s1. The van der Waals surface area contributed by atoms with E-state index in [1.165, 1.54) is 0 Å². The molecule has 0 amide bonds. The summed E-state index contributed by atoms with van der Waals surface area (Å²) in [6.45, 7) is 0. The van der Waals surface area contributed by atoms with Crippen LogP contribution in [0, 0.1) is 0 Å². The molecule has 2 N–H and O–H groups in total. The number of nitrogens with two attached hydrogens (primary N) is 1. The molecule has 1 aliphatic carbocycles. The van der Waals surface area contributed by atoms with Gasteiger partial charge in [-0.25, -0.2) is 0 Å². The van der Waals surface area contributed by atoms with Crippen molar-refractivity contribution in [3.05, 3.63) is 0 Å². The third-order valence-corrected chi connectivity index (χ3v) is 2.36. The Morgan fingerprint density at radius 1 is 1.44 bits per heavy atom. The molecule has 0 saturated heterocycles. The molecule has 0 spiro atoms. The Balaban J connectivity index is 2.41. The van der Waals surface area contributed by atoms with Gasteiger partial charge in [0.15, 0.2) is 0 Å². The normalized spacial score (nSPS) is 34.3. The van der Waals surface area contributed by atoms with Gasteiger partial charge in [-0.3, -0.25) is 0 Å². The van der Waals surface area contributed by atoms with Crippen LogP contribution in [-0.2, 0) is 0 Å². The van der Waals surface area contributed by atoms with Crippen LogP contribution in [0.4, 0.5) is 0 Å². The van der Waals surface area contributed by atoms with Crippen molar-refractivity contribution in [3.63, 3.8) is 0 Å². The molecule has 3 heteroatoms. The fourth-order valence-electron chi connectivity index (χ4n) is 1.21. The van der Waals surface area contributed by atoms with Crippen LogP contribution in [0.1, 0.15) is 25.7 Å². The summed E-state index contributed by atoms with van der Waals surface area (Å²) in [6, 6.07) is 0.216. The van der Waals surface area contributed by atoms with Crippen LogP contribution >= 0.6 is 23.2 Å². The maximum Gasteiger partial charge on any atom is 0.119 e. The lowest BCUT2D eigenvalue weighted by atomic mass is 9.95. The number of hydrogen-bond acceptors (Lipinski definition) is 1. The van der Waals surface area contributed by atoms with Gasteiger partial charge in [0.1, 0.15) is 4.33 Å². The zero-order valence-electron chi connectivity index (χ0n) is 5.24. The molecule has 0 radical (unpaired) electrons. The maximum absolute atomic E-state index is 5.85. The molecule has 0 aliphatic heterocycles. The first-order chi connectivity index (χ1) is 4.10. The van der Waals surface area contributed by atoms with Gasteiger partial charge in [0.25, 0.3) is 0 Å². The van der Waals surface area contributed by atoms with E-state index in [-0.39, 0.29) is 6.04 Å². The molecule has 54 valence electrons. The summed E-state index contributed by atoms with van der Waals surface area (Å²) in [6.07, 6.45) is 3.77. The SMILES string of the molecule is N[C@H]1CCCC(Cl)(Cl)C1. The van der Waals surface area contributed by atoms with Gasteiger partial charge in [-0.2, -0.15) is 0 Å².